The molecule has 6 heteroatoms. The van der Waals surface area contributed by atoms with Crippen LogP contribution < -0.4 is 0 Å². The predicted octanol–water partition coefficient (Wildman–Crippen LogP) is 2.50. The Hall–Kier alpha value is -2.76. The van der Waals surface area contributed by atoms with Crippen molar-refractivity contribution in [1.82, 2.24) is 14.9 Å². The molecule has 1 N–H and O–H groups in total. The van der Waals surface area contributed by atoms with Crippen molar-refractivity contribution in [3.05, 3.63) is 58.7 Å². The van der Waals surface area contributed by atoms with Crippen molar-refractivity contribution in [2.45, 2.75) is 32.7 Å². The van der Waals surface area contributed by atoms with Crippen LogP contribution in [0.1, 0.15) is 57.4 Å². The first-order chi connectivity index (χ1) is 11.5. The monoisotopic (exact) mass is 325 g/mol. The van der Waals surface area contributed by atoms with E-state index in [2.05, 4.69) is 35.9 Å². The van der Waals surface area contributed by atoms with Crippen LogP contribution in [0.3, 0.4) is 0 Å². The zero-order valence-corrected chi connectivity index (χ0v) is 13.7. The normalized spacial score (nSPS) is 13.7. The fourth-order valence-corrected chi connectivity index (χ4v) is 3.06. The summed E-state index contributed by atoms with van der Waals surface area (Å²) in [4.78, 5) is 32.8. The maximum absolute atomic E-state index is 12.6. The lowest BCUT2D eigenvalue weighted by Crippen LogP contribution is -2.37. The summed E-state index contributed by atoms with van der Waals surface area (Å²) in [6.07, 6.45) is 3.16. The van der Waals surface area contributed by atoms with Crippen molar-refractivity contribution in [2.75, 3.05) is 6.54 Å². The summed E-state index contributed by atoms with van der Waals surface area (Å²) < 4.78 is 0. The molecule has 3 rings (SSSR count). The molecule has 1 aromatic heterocycles. The van der Waals surface area contributed by atoms with Gasteiger partial charge in [-0.2, -0.15) is 0 Å². The second kappa shape index (κ2) is 6.39. The molecule has 1 aromatic carbocycles. The molecule has 0 fully saturated rings. The number of carbonyl (C=O) groups is 2. The number of aromatic nitrogens is 2. The van der Waals surface area contributed by atoms with Gasteiger partial charge in [-0.1, -0.05) is 32.0 Å². The molecule has 2 heterocycles. The van der Waals surface area contributed by atoms with E-state index in [-0.39, 0.29) is 17.3 Å². The number of hydrogen-bond donors (Lipinski definition) is 1. The smallest absolute Gasteiger partial charge is 0.356 e. The summed E-state index contributed by atoms with van der Waals surface area (Å²) in [7, 11) is 0. The topological polar surface area (TPSA) is 83.4 Å². The van der Waals surface area contributed by atoms with Crippen LogP contribution in [0.5, 0.6) is 0 Å². The van der Waals surface area contributed by atoms with Crippen molar-refractivity contribution < 1.29 is 14.7 Å². The summed E-state index contributed by atoms with van der Waals surface area (Å²) in [6.45, 7) is 5.51. The molecule has 0 saturated heterocycles. The Balaban J connectivity index is 1.81. The fourth-order valence-electron chi connectivity index (χ4n) is 3.06. The Morgan fingerprint density at radius 2 is 1.88 bits per heavy atom. The van der Waals surface area contributed by atoms with Crippen LogP contribution in [0.15, 0.2) is 30.6 Å². The van der Waals surface area contributed by atoms with Crippen molar-refractivity contribution in [1.29, 1.82) is 0 Å². The van der Waals surface area contributed by atoms with E-state index in [9.17, 15) is 9.59 Å². The zero-order valence-electron chi connectivity index (χ0n) is 13.7. The van der Waals surface area contributed by atoms with Crippen molar-refractivity contribution >= 4 is 11.9 Å². The average Bonchev–Trinajstić information content (AvgIpc) is 2.60. The highest BCUT2D eigenvalue weighted by Gasteiger charge is 2.25. The first-order valence-corrected chi connectivity index (χ1v) is 7.92. The summed E-state index contributed by atoms with van der Waals surface area (Å²) in [6, 6.07) is 6.24. The summed E-state index contributed by atoms with van der Waals surface area (Å²) in [5.74, 6) is -0.925. The molecule has 0 radical (unpaired) electrons. The minimum atomic E-state index is -1.16. The van der Waals surface area contributed by atoms with E-state index in [0.29, 0.717) is 19.0 Å². The third-order valence-electron chi connectivity index (χ3n) is 4.30. The quantitative estimate of drug-likeness (QED) is 0.937. The van der Waals surface area contributed by atoms with E-state index in [4.69, 9.17) is 5.11 Å². The molecule has 24 heavy (non-hydrogen) atoms. The highest BCUT2D eigenvalue weighted by Crippen LogP contribution is 2.28. The first-order valence-electron chi connectivity index (χ1n) is 7.92. The Morgan fingerprint density at radius 1 is 1.17 bits per heavy atom. The number of carbonyl (C=O) groups excluding carboxylic acids is 1. The van der Waals surface area contributed by atoms with Gasteiger partial charge < -0.3 is 10.0 Å². The van der Waals surface area contributed by atoms with E-state index in [0.717, 1.165) is 18.2 Å². The third-order valence-corrected chi connectivity index (χ3v) is 4.30. The Morgan fingerprint density at radius 3 is 2.50 bits per heavy atom. The molecule has 0 bridgehead atoms. The Kier molecular flexibility index (Phi) is 4.29. The second-order valence-corrected chi connectivity index (χ2v) is 6.21. The SMILES string of the molecule is CC(C)c1cccc2c1CCN(C(=O)c1cnc(C(=O)O)cn1)C2. The van der Waals surface area contributed by atoms with Crippen LogP contribution >= 0.6 is 0 Å². The molecule has 2 aromatic rings. The molecule has 6 nitrogen and oxygen atoms in total. The number of amides is 1. The summed E-state index contributed by atoms with van der Waals surface area (Å²) >= 11 is 0. The van der Waals surface area contributed by atoms with Crippen LogP contribution in [0, 0.1) is 0 Å². The number of carboxylic acid groups (broad SMARTS) is 1. The Labute approximate surface area is 140 Å². The van der Waals surface area contributed by atoms with Crippen LogP contribution in [0.4, 0.5) is 0 Å². The third kappa shape index (κ3) is 2.99. The van der Waals surface area contributed by atoms with E-state index >= 15 is 0 Å². The zero-order chi connectivity index (χ0) is 17.3. The average molecular weight is 325 g/mol. The summed E-state index contributed by atoms with van der Waals surface area (Å²) in [5.41, 5.74) is 3.84. The molecular weight excluding hydrogens is 306 g/mol. The number of aromatic carboxylic acids is 1. The summed E-state index contributed by atoms with van der Waals surface area (Å²) in [5, 5.41) is 8.85. The fraction of sp³-hybridized carbons (Fsp3) is 0.333. The molecule has 1 amide bonds. The number of nitrogens with zero attached hydrogens (tertiary/aromatic N) is 3. The number of fused-ring (bicyclic) bond motifs is 1. The van der Waals surface area contributed by atoms with E-state index < -0.39 is 5.97 Å². The molecule has 0 unspecified atom stereocenters. The van der Waals surface area contributed by atoms with Crippen LogP contribution in [-0.4, -0.2) is 38.4 Å². The van der Waals surface area contributed by atoms with Gasteiger partial charge in [0, 0.05) is 13.1 Å². The van der Waals surface area contributed by atoms with Crippen molar-refractivity contribution in [3.8, 4) is 0 Å². The maximum Gasteiger partial charge on any atom is 0.356 e. The minimum Gasteiger partial charge on any atom is -0.476 e. The largest absolute Gasteiger partial charge is 0.476 e. The lowest BCUT2D eigenvalue weighted by molar-refractivity contribution is 0.0683. The van der Waals surface area contributed by atoms with Gasteiger partial charge in [-0.3, -0.25) is 4.79 Å². The predicted molar refractivity (Wildman–Crippen MR) is 88.0 cm³/mol. The van der Waals surface area contributed by atoms with Gasteiger partial charge in [0.25, 0.3) is 5.91 Å². The van der Waals surface area contributed by atoms with Gasteiger partial charge in [0.2, 0.25) is 0 Å². The van der Waals surface area contributed by atoms with Crippen LogP contribution in [-0.2, 0) is 13.0 Å². The molecule has 0 spiro atoms. The van der Waals surface area contributed by atoms with Gasteiger partial charge in [-0.15, -0.1) is 0 Å². The molecule has 124 valence electrons. The number of rotatable bonds is 3. The van der Waals surface area contributed by atoms with E-state index in [1.807, 2.05) is 6.07 Å². The molecule has 0 aliphatic carbocycles. The Bertz CT molecular complexity index is 785. The first kappa shape index (κ1) is 16.1. The van der Waals surface area contributed by atoms with Gasteiger partial charge in [-0.25, -0.2) is 14.8 Å². The van der Waals surface area contributed by atoms with Gasteiger partial charge >= 0.3 is 5.97 Å². The molecular formula is C18H19N3O3. The number of carboxylic acids is 1. The number of hydrogen-bond acceptors (Lipinski definition) is 4. The van der Waals surface area contributed by atoms with Crippen LogP contribution in [0.2, 0.25) is 0 Å². The van der Waals surface area contributed by atoms with Crippen molar-refractivity contribution in [2.24, 2.45) is 0 Å². The maximum atomic E-state index is 12.6. The molecule has 0 atom stereocenters. The van der Waals surface area contributed by atoms with Gasteiger partial charge in [0.05, 0.1) is 12.4 Å². The number of benzene rings is 1. The van der Waals surface area contributed by atoms with Gasteiger partial charge in [0.1, 0.15) is 5.69 Å². The van der Waals surface area contributed by atoms with Gasteiger partial charge in [-0.05, 0) is 29.0 Å². The highest BCUT2D eigenvalue weighted by molar-refractivity contribution is 5.93. The molecule has 1 aliphatic heterocycles. The molecule has 1 aliphatic rings. The highest BCUT2D eigenvalue weighted by atomic mass is 16.4. The van der Waals surface area contributed by atoms with Gasteiger partial charge in [0.15, 0.2) is 5.69 Å². The standard InChI is InChI=1S/C18H19N3O3/c1-11(2)13-5-3-4-12-10-21(7-6-14(12)13)17(22)15-8-20-16(9-19-15)18(23)24/h3-5,8-9,11H,6-7,10H2,1-2H3,(H,23,24). The van der Waals surface area contributed by atoms with Crippen LogP contribution in [0.25, 0.3) is 0 Å². The van der Waals surface area contributed by atoms with E-state index in [1.165, 1.54) is 17.3 Å². The lowest BCUT2D eigenvalue weighted by Gasteiger charge is -2.30. The minimum absolute atomic E-state index is 0.169. The lowest BCUT2D eigenvalue weighted by atomic mass is 9.89. The molecule has 0 saturated carbocycles. The second-order valence-electron chi connectivity index (χ2n) is 6.21. The van der Waals surface area contributed by atoms with Crippen molar-refractivity contribution in [3.63, 3.8) is 0 Å². The van der Waals surface area contributed by atoms with E-state index in [1.54, 1.807) is 4.90 Å².